The Morgan fingerprint density at radius 2 is 1.76 bits per heavy atom. The monoisotopic (exact) mass is 317 g/mol. The highest BCUT2D eigenvalue weighted by Gasteiger charge is 2.24. The molecule has 2 rings (SSSR count). The van der Waals surface area contributed by atoms with Crippen LogP contribution in [0.25, 0.3) is 0 Å². The van der Waals surface area contributed by atoms with E-state index in [2.05, 4.69) is 15.9 Å². The maximum absolute atomic E-state index is 11.1. The average Bonchev–Trinajstić information content (AvgIpc) is 2.37. The van der Waals surface area contributed by atoms with Gasteiger partial charge in [0.15, 0.2) is 0 Å². The van der Waals surface area contributed by atoms with Crippen LogP contribution in [0.15, 0.2) is 10.5 Å². The maximum atomic E-state index is 11.1. The number of nitro groups is 1. The molecule has 0 aromatic heterocycles. The van der Waals surface area contributed by atoms with E-state index in [0.29, 0.717) is 9.50 Å². The van der Waals surface area contributed by atoms with Gasteiger partial charge >= 0.3 is 0 Å². The number of rotatable bonds is 1. The molecule has 0 saturated heterocycles. The molecule has 1 aliphatic rings. The molecule has 0 spiro atoms. The Kier molecular flexibility index (Phi) is 4.05. The molecule has 0 aliphatic heterocycles. The minimum Gasteiger partial charge on any atom is -0.258 e. The van der Waals surface area contributed by atoms with Crippen molar-refractivity contribution in [3.63, 3.8) is 0 Å². The van der Waals surface area contributed by atoms with Crippen molar-refractivity contribution >= 4 is 33.2 Å². The van der Waals surface area contributed by atoms with Crippen LogP contribution in [0.5, 0.6) is 0 Å². The second-order valence-electron chi connectivity index (χ2n) is 4.34. The predicted molar refractivity (Wildman–Crippen MR) is 71.7 cm³/mol. The molecule has 0 fully saturated rings. The van der Waals surface area contributed by atoms with Crippen molar-refractivity contribution in [2.24, 2.45) is 0 Å². The fourth-order valence-corrected chi connectivity index (χ4v) is 3.17. The van der Waals surface area contributed by atoms with E-state index in [-0.39, 0.29) is 10.6 Å². The predicted octanol–water partition coefficient (Wildman–Crippen LogP) is 4.67. The average molecular weight is 319 g/mol. The lowest BCUT2D eigenvalue weighted by atomic mass is 10.0. The van der Waals surface area contributed by atoms with Crippen LogP contribution < -0.4 is 0 Å². The van der Waals surface area contributed by atoms with Gasteiger partial charge in [-0.25, -0.2) is 0 Å². The summed E-state index contributed by atoms with van der Waals surface area (Å²) in [5.41, 5.74) is 1.98. The smallest absolute Gasteiger partial charge is 0.258 e. The Labute approximate surface area is 113 Å². The summed E-state index contributed by atoms with van der Waals surface area (Å²) in [7, 11) is 0. The molecule has 1 aromatic carbocycles. The number of aryl methyl sites for hydroxylation is 2. The van der Waals surface area contributed by atoms with Crippen molar-refractivity contribution in [1.82, 2.24) is 0 Å². The van der Waals surface area contributed by atoms with E-state index in [0.717, 1.165) is 43.2 Å². The first-order valence-electron chi connectivity index (χ1n) is 5.75. The molecule has 3 nitrogen and oxygen atoms in total. The lowest BCUT2D eigenvalue weighted by Gasteiger charge is -2.09. The zero-order valence-corrected chi connectivity index (χ0v) is 11.7. The third-order valence-corrected chi connectivity index (χ3v) is 4.59. The molecule has 92 valence electrons. The Morgan fingerprint density at radius 1 is 1.18 bits per heavy atom. The van der Waals surface area contributed by atoms with Crippen LogP contribution in [0.2, 0.25) is 5.02 Å². The maximum Gasteiger partial charge on any atom is 0.288 e. The standard InChI is InChI=1S/C12H13BrClNO2/c13-10-11(14)8-5-3-1-2-4-6-9(7-8)12(10)15(16)17/h7H,1-6H2. The quantitative estimate of drug-likeness (QED) is 0.558. The van der Waals surface area contributed by atoms with Gasteiger partial charge in [0.2, 0.25) is 0 Å². The topological polar surface area (TPSA) is 43.1 Å². The highest BCUT2D eigenvalue weighted by atomic mass is 79.9. The molecule has 2 bridgehead atoms. The second kappa shape index (κ2) is 5.36. The first kappa shape index (κ1) is 12.8. The number of nitrogens with zero attached hydrogens (tertiary/aromatic N) is 1. The molecule has 17 heavy (non-hydrogen) atoms. The summed E-state index contributed by atoms with van der Waals surface area (Å²) in [5.74, 6) is 0. The second-order valence-corrected chi connectivity index (χ2v) is 5.51. The third kappa shape index (κ3) is 2.63. The van der Waals surface area contributed by atoms with Crippen LogP contribution in [0.3, 0.4) is 0 Å². The fourth-order valence-electron chi connectivity index (χ4n) is 2.28. The van der Waals surface area contributed by atoms with Crippen LogP contribution >= 0.6 is 27.5 Å². The van der Waals surface area contributed by atoms with Gasteiger partial charge in [-0.1, -0.05) is 24.4 Å². The van der Waals surface area contributed by atoms with Gasteiger partial charge in [0, 0.05) is 5.56 Å². The van der Waals surface area contributed by atoms with Crippen LogP contribution in [0.1, 0.15) is 36.8 Å². The summed E-state index contributed by atoms with van der Waals surface area (Å²) in [5, 5.41) is 11.6. The molecule has 5 heteroatoms. The van der Waals surface area contributed by atoms with Crippen LogP contribution in [-0.2, 0) is 12.8 Å². The summed E-state index contributed by atoms with van der Waals surface area (Å²) in [6.07, 6.45) is 6.07. The lowest BCUT2D eigenvalue weighted by molar-refractivity contribution is -0.386. The van der Waals surface area contributed by atoms with Gasteiger partial charge < -0.3 is 0 Å². The molecule has 0 atom stereocenters. The largest absolute Gasteiger partial charge is 0.288 e. The highest BCUT2D eigenvalue weighted by Crippen LogP contribution is 2.39. The first-order valence-corrected chi connectivity index (χ1v) is 6.92. The molecule has 0 heterocycles. The van der Waals surface area contributed by atoms with Gasteiger partial charge in [0.1, 0.15) is 4.47 Å². The minimum atomic E-state index is -0.340. The summed E-state index contributed by atoms with van der Waals surface area (Å²) < 4.78 is 0.443. The molecule has 1 aliphatic carbocycles. The Balaban J connectivity index is 2.57. The van der Waals surface area contributed by atoms with Crippen molar-refractivity contribution in [3.05, 3.63) is 36.8 Å². The zero-order chi connectivity index (χ0) is 12.4. The van der Waals surface area contributed by atoms with E-state index in [1.807, 2.05) is 6.07 Å². The van der Waals surface area contributed by atoms with Gasteiger partial charge in [-0.3, -0.25) is 10.1 Å². The van der Waals surface area contributed by atoms with E-state index in [9.17, 15) is 10.1 Å². The first-order chi connectivity index (χ1) is 8.11. The number of hydrogen-bond donors (Lipinski definition) is 0. The van der Waals surface area contributed by atoms with E-state index < -0.39 is 0 Å². The van der Waals surface area contributed by atoms with E-state index in [1.165, 1.54) is 6.42 Å². The van der Waals surface area contributed by atoms with Crippen LogP contribution in [-0.4, -0.2) is 4.92 Å². The van der Waals surface area contributed by atoms with Crippen molar-refractivity contribution in [2.45, 2.75) is 38.5 Å². The number of nitro benzene ring substituents is 1. The Morgan fingerprint density at radius 3 is 2.35 bits per heavy atom. The van der Waals surface area contributed by atoms with E-state index in [1.54, 1.807) is 0 Å². The summed E-state index contributed by atoms with van der Waals surface area (Å²) in [6, 6.07) is 1.91. The fraction of sp³-hybridized carbons (Fsp3) is 0.500. The van der Waals surface area contributed by atoms with Gasteiger partial charge in [-0.2, -0.15) is 0 Å². The minimum absolute atomic E-state index is 0.139. The molecule has 1 aromatic rings. The number of fused-ring (bicyclic) bond motifs is 2. The highest BCUT2D eigenvalue weighted by molar-refractivity contribution is 9.10. The third-order valence-electron chi connectivity index (χ3n) is 3.16. The SMILES string of the molecule is O=[N+]([O-])c1c2cc(c(Cl)c1Br)CCCCCC2. The molecular formula is C12H13BrClNO2. The Bertz CT molecular complexity index is 462. The van der Waals surface area contributed by atoms with Crippen molar-refractivity contribution in [1.29, 1.82) is 0 Å². The van der Waals surface area contributed by atoms with Crippen molar-refractivity contribution < 1.29 is 4.92 Å². The summed E-state index contributed by atoms with van der Waals surface area (Å²) >= 11 is 9.45. The lowest BCUT2D eigenvalue weighted by Crippen LogP contribution is -1.99. The van der Waals surface area contributed by atoms with E-state index in [4.69, 9.17) is 11.6 Å². The molecular weight excluding hydrogens is 305 g/mol. The van der Waals surface area contributed by atoms with E-state index >= 15 is 0 Å². The van der Waals surface area contributed by atoms with Gasteiger partial charge in [0.25, 0.3) is 5.69 Å². The van der Waals surface area contributed by atoms with Crippen LogP contribution in [0, 0.1) is 10.1 Å². The Hall–Kier alpha value is -0.610. The molecule has 0 saturated carbocycles. The molecule has 0 amide bonds. The zero-order valence-electron chi connectivity index (χ0n) is 9.34. The van der Waals surface area contributed by atoms with Crippen molar-refractivity contribution in [3.8, 4) is 0 Å². The molecule has 0 radical (unpaired) electrons. The van der Waals surface area contributed by atoms with Crippen LogP contribution in [0.4, 0.5) is 5.69 Å². The normalized spacial score (nSPS) is 15.9. The number of hydrogen-bond acceptors (Lipinski definition) is 2. The molecule has 0 unspecified atom stereocenters. The number of halogens is 2. The molecule has 0 N–H and O–H groups in total. The van der Waals surface area contributed by atoms with Gasteiger partial charge in [-0.15, -0.1) is 0 Å². The number of benzene rings is 1. The summed E-state index contributed by atoms with van der Waals surface area (Å²) in [4.78, 5) is 10.7. The van der Waals surface area contributed by atoms with Gasteiger partial charge in [0.05, 0.1) is 9.95 Å². The summed E-state index contributed by atoms with van der Waals surface area (Å²) in [6.45, 7) is 0. The van der Waals surface area contributed by atoms with Gasteiger partial charge in [-0.05, 0) is 53.2 Å². The van der Waals surface area contributed by atoms with Crippen molar-refractivity contribution in [2.75, 3.05) is 0 Å².